The number of carbonyl (C=O) groups is 1. The first-order valence-corrected chi connectivity index (χ1v) is 8.27. The molecule has 2 aliphatic rings. The summed E-state index contributed by atoms with van der Waals surface area (Å²) in [5.74, 6) is 1.68. The van der Waals surface area contributed by atoms with Crippen LogP contribution in [0.5, 0.6) is 0 Å². The van der Waals surface area contributed by atoms with Gasteiger partial charge in [-0.15, -0.1) is 0 Å². The van der Waals surface area contributed by atoms with Crippen molar-refractivity contribution >= 4 is 5.91 Å². The van der Waals surface area contributed by atoms with Crippen LogP contribution in [0.2, 0.25) is 0 Å². The van der Waals surface area contributed by atoms with Gasteiger partial charge in [-0.1, -0.05) is 37.3 Å². The van der Waals surface area contributed by atoms with Crippen LogP contribution in [0, 0.1) is 11.8 Å². The third-order valence-corrected chi connectivity index (χ3v) is 5.23. The molecule has 0 radical (unpaired) electrons. The van der Waals surface area contributed by atoms with Gasteiger partial charge in [0.2, 0.25) is 5.91 Å². The van der Waals surface area contributed by atoms with Gasteiger partial charge in [0.1, 0.15) is 0 Å². The Labute approximate surface area is 127 Å². The molecular formula is C18H26N2O. The van der Waals surface area contributed by atoms with Crippen molar-refractivity contribution < 1.29 is 4.79 Å². The largest absolute Gasteiger partial charge is 0.355 e. The molecule has 1 aliphatic carbocycles. The molecule has 1 saturated carbocycles. The first-order chi connectivity index (χ1) is 10.2. The van der Waals surface area contributed by atoms with Gasteiger partial charge in [-0.3, -0.25) is 4.79 Å². The average Bonchev–Trinajstić information content (AvgIpc) is 3.38. The zero-order chi connectivity index (χ0) is 14.7. The number of rotatable bonds is 5. The number of carbonyl (C=O) groups excluding carboxylic acids is 1. The molecular weight excluding hydrogens is 260 g/mol. The van der Waals surface area contributed by atoms with Gasteiger partial charge in [-0.05, 0) is 56.2 Å². The van der Waals surface area contributed by atoms with E-state index in [-0.39, 0.29) is 11.3 Å². The summed E-state index contributed by atoms with van der Waals surface area (Å²) in [7, 11) is 0. The smallest absolute Gasteiger partial charge is 0.230 e. The molecule has 3 nitrogen and oxygen atoms in total. The van der Waals surface area contributed by atoms with Crippen LogP contribution in [0.1, 0.15) is 38.2 Å². The van der Waals surface area contributed by atoms with Crippen molar-refractivity contribution in [3.63, 3.8) is 0 Å². The number of hydrogen-bond donors (Lipinski definition) is 2. The minimum Gasteiger partial charge on any atom is -0.355 e. The van der Waals surface area contributed by atoms with Crippen molar-refractivity contribution in [2.45, 2.75) is 38.0 Å². The van der Waals surface area contributed by atoms with Gasteiger partial charge in [-0.25, -0.2) is 0 Å². The lowest BCUT2D eigenvalue weighted by atomic mass is 9.72. The SMILES string of the molecule is CC(CNC(=O)C1(c2ccccc2)CCNCC1)C1CC1. The maximum absolute atomic E-state index is 12.9. The molecule has 0 bridgehead atoms. The summed E-state index contributed by atoms with van der Waals surface area (Å²) >= 11 is 0. The minimum absolute atomic E-state index is 0.225. The Bertz CT molecular complexity index is 475. The molecule has 1 aliphatic heterocycles. The van der Waals surface area contributed by atoms with E-state index < -0.39 is 0 Å². The van der Waals surface area contributed by atoms with Crippen LogP contribution in [0.25, 0.3) is 0 Å². The second kappa shape index (κ2) is 6.18. The van der Waals surface area contributed by atoms with Crippen molar-refractivity contribution in [3.8, 4) is 0 Å². The summed E-state index contributed by atoms with van der Waals surface area (Å²) in [4.78, 5) is 12.9. The van der Waals surface area contributed by atoms with Crippen LogP contribution in [0.15, 0.2) is 30.3 Å². The number of piperidine rings is 1. The van der Waals surface area contributed by atoms with Crippen LogP contribution in [-0.4, -0.2) is 25.5 Å². The second-order valence-corrected chi connectivity index (χ2v) is 6.72. The Hall–Kier alpha value is -1.35. The average molecular weight is 286 g/mol. The molecule has 2 N–H and O–H groups in total. The van der Waals surface area contributed by atoms with Gasteiger partial charge in [0.25, 0.3) is 0 Å². The van der Waals surface area contributed by atoms with Gasteiger partial charge < -0.3 is 10.6 Å². The van der Waals surface area contributed by atoms with E-state index in [1.807, 2.05) is 18.2 Å². The predicted molar refractivity (Wildman–Crippen MR) is 85.1 cm³/mol. The van der Waals surface area contributed by atoms with E-state index in [1.165, 1.54) is 18.4 Å². The number of amides is 1. The molecule has 3 rings (SSSR count). The van der Waals surface area contributed by atoms with E-state index in [1.54, 1.807) is 0 Å². The predicted octanol–water partition coefficient (Wildman–Crippen LogP) is 2.47. The minimum atomic E-state index is -0.338. The molecule has 1 heterocycles. The third-order valence-electron chi connectivity index (χ3n) is 5.23. The van der Waals surface area contributed by atoms with E-state index >= 15 is 0 Å². The monoisotopic (exact) mass is 286 g/mol. The van der Waals surface area contributed by atoms with Crippen molar-refractivity contribution in [1.29, 1.82) is 0 Å². The highest BCUT2D eigenvalue weighted by atomic mass is 16.2. The zero-order valence-corrected chi connectivity index (χ0v) is 12.9. The molecule has 1 saturated heterocycles. The first-order valence-electron chi connectivity index (χ1n) is 8.27. The molecule has 1 amide bonds. The fourth-order valence-electron chi connectivity index (χ4n) is 3.51. The molecule has 0 aromatic heterocycles. The molecule has 1 aromatic carbocycles. The maximum atomic E-state index is 12.9. The molecule has 1 aromatic rings. The van der Waals surface area contributed by atoms with E-state index in [0.717, 1.165) is 38.4 Å². The molecule has 114 valence electrons. The Morgan fingerprint density at radius 2 is 1.95 bits per heavy atom. The zero-order valence-electron chi connectivity index (χ0n) is 12.9. The highest BCUT2D eigenvalue weighted by molar-refractivity contribution is 5.88. The lowest BCUT2D eigenvalue weighted by Crippen LogP contribution is -2.51. The quantitative estimate of drug-likeness (QED) is 0.873. The highest BCUT2D eigenvalue weighted by Crippen LogP contribution is 2.37. The lowest BCUT2D eigenvalue weighted by Gasteiger charge is -2.37. The molecule has 21 heavy (non-hydrogen) atoms. The number of benzene rings is 1. The molecule has 2 fully saturated rings. The summed E-state index contributed by atoms with van der Waals surface area (Å²) < 4.78 is 0. The van der Waals surface area contributed by atoms with Crippen LogP contribution in [-0.2, 0) is 10.2 Å². The Morgan fingerprint density at radius 3 is 2.57 bits per heavy atom. The van der Waals surface area contributed by atoms with Crippen molar-refractivity contribution in [1.82, 2.24) is 10.6 Å². The fourth-order valence-corrected chi connectivity index (χ4v) is 3.51. The Morgan fingerprint density at radius 1 is 1.29 bits per heavy atom. The van der Waals surface area contributed by atoms with Crippen molar-refractivity contribution in [2.75, 3.05) is 19.6 Å². The molecule has 1 unspecified atom stereocenters. The van der Waals surface area contributed by atoms with Gasteiger partial charge >= 0.3 is 0 Å². The second-order valence-electron chi connectivity index (χ2n) is 6.72. The summed E-state index contributed by atoms with van der Waals surface area (Å²) in [5, 5.41) is 6.62. The number of hydrogen-bond acceptors (Lipinski definition) is 2. The van der Waals surface area contributed by atoms with E-state index in [9.17, 15) is 4.79 Å². The van der Waals surface area contributed by atoms with E-state index in [0.29, 0.717) is 5.92 Å². The van der Waals surface area contributed by atoms with Crippen LogP contribution < -0.4 is 10.6 Å². The van der Waals surface area contributed by atoms with Crippen LogP contribution in [0.3, 0.4) is 0 Å². The molecule has 3 heteroatoms. The topological polar surface area (TPSA) is 41.1 Å². The van der Waals surface area contributed by atoms with Crippen molar-refractivity contribution in [3.05, 3.63) is 35.9 Å². The van der Waals surface area contributed by atoms with Crippen LogP contribution in [0.4, 0.5) is 0 Å². The van der Waals surface area contributed by atoms with Gasteiger partial charge in [0.15, 0.2) is 0 Å². The molecule has 0 spiro atoms. The van der Waals surface area contributed by atoms with E-state index in [4.69, 9.17) is 0 Å². The lowest BCUT2D eigenvalue weighted by molar-refractivity contribution is -0.128. The summed E-state index contributed by atoms with van der Waals surface area (Å²) in [6.45, 7) is 4.92. The van der Waals surface area contributed by atoms with Crippen LogP contribution >= 0.6 is 0 Å². The Balaban J connectivity index is 1.73. The summed E-state index contributed by atoms with van der Waals surface area (Å²) in [6.07, 6.45) is 4.46. The van der Waals surface area contributed by atoms with Gasteiger partial charge in [0, 0.05) is 6.54 Å². The standard InChI is InChI=1S/C18H26N2O/c1-14(15-7-8-15)13-20-17(21)18(9-11-19-12-10-18)16-5-3-2-4-6-16/h2-6,14-15,19H,7-13H2,1H3,(H,20,21). The Kier molecular flexibility index (Phi) is 4.29. The maximum Gasteiger partial charge on any atom is 0.230 e. The molecule has 1 atom stereocenters. The highest BCUT2D eigenvalue weighted by Gasteiger charge is 2.41. The van der Waals surface area contributed by atoms with E-state index in [2.05, 4.69) is 29.7 Å². The third kappa shape index (κ3) is 3.13. The first kappa shape index (κ1) is 14.6. The summed E-state index contributed by atoms with van der Waals surface area (Å²) in [5.41, 5.74) is 0.832. The number of nitrogens with one attached hydrogen (secondary N) is 2. The normalized spacial score (nSPS) is 22.5. The van der Waals surface area contributed by atoms with Gasteiger partial charge in [-0.2, -0.15) is 0 Å². The summed E-state index contributed by atoms with van der Waals surface area (Å²) in [6, 6.07) is 10.3. The van der Waals surface area contributed by atoms with Crippen molar-refractivity contribution in [2.24, 2.45) is 11.8 Å². The fraction of sp³-hybridized carbons (Fsp3) is 0.611. The van der Waals surface area contributed by atoms with Gasteiger partial charge in [0.05, 0.1) is 5.41 Å².